The number of nitrogens with two attached hydrogens (primary N) is 1. The SMILES string of the molecule is COc1c(C)cnc(CN2C(=O)/C(=C\c3cc(C(=O)O)c[nH]3)c3c(Cl)nc(N)nc32)c1C. The second kappa shape index (κ2) is 7.97. The molecule has 3 aromatic rings. The minimum absolute atomic E-state index is 0.0192. The lowest BCUT2D eigenvalue weighted by molar-refractivity contribution is -0.113. The Labute approximate surface area is 187 Å². The Morgan fingerprint density at radius 1 is 1.38 bits per heavy atom. The Morgan fingerprint density at radius 2 is 2.12 bits per heavy atom. The topological polar surface area (TPSA) is 147 Å². The number of aromatic carboxylic acids is 1. The van der Waals surface area contributed by atoms with Gasteiger partial charge in [0.05, 0.1) is 36.0 Å². The molecule has 0 fully saturated rings. The summed E-state index contributed by atoms with van der Waals surface area (Å²) in [5, 5.41) is 9.17. The number of anilines is 2. The van der Waals surface area contributed by atoms with Crippen LogP contribution in [0, 0.1) is 13.8 Å². The number of rotatable bonds is 5. The number of aromatic nitrogens is 4. The van der Waals surface area contributed by atoms with Gasteiger partial charge in [-0.25, -0.2) is 9.78 Å². The van der Waals surface area contributed by atoms with Crippen LogP contribution in [0.2, 0.25) is 5.15 Å². The first-order valence-corrected chi connectivity index (χ1v) is 9.86. The van der Waals surface area contributed by atoms with Crippen molar-refractivity contribution in [3.63, 3.8) is 0 Å². The molecule has 0 aliphatic carbocycles. The van der Waals surface area contributed by atoms with E-state index >= 15 is 0 Å². The van der Waals surface area contributed by atoms with E-state index in [4.69, 9.17) is 27.2 Å². The highest BCUT2D eigenvalue weighted by atomic mass is 35.5. The number of nitrogens with one attached hydrogen (secondary N) is 1. The number of fused-ring (bicyclic) bond motifs is 1. The van der Waals surface area contributed by atoms with Gasteiger partial charge in [0.25, 0.3) is 5.91 Å². The lowest BCUT2D eigenvalue weighted by Gasteiger charge is -2.19. The molecule has 11 heteroatoms. The lowest BCUT2D eigenvalue weighted by atomic mass is 10.1. The van der Waals surface area contributed by atoms with Crippen molar-refractivity contribution < 1.29 is 19.4 Å². The number of H-pyrrole nitrogens is 1. The lowest BCUT2D eigenvalue weighted by Crippen LogP contribution is -2.27. The van der Waals surface area contributed by atoms with Gasteiger partial charge in [0.15, 0.2) is 5.82 Å². The first-order valence-electron chi connectivity index (χ1n) is 9.49. The summed E-state index contributed by atoms with van der Waals surface area (Å²) in [7, 11) is 1.58. The van der Waals surface area contributed by atoms with Crippen LogP contribution in [-0.4, -0.2) is 44.0 Å². The molecule has 0 aromatic carbocycles. The number of halogens is 1. The van der Waals surface area contributed by atoms with E-state index < -0.39 is 11.9 Å². The van der Waals surface area contributed by atoms with Gasteiger partial charge in [-0.05, 0) is 26.0 Å². The first-order chi connectivity index (χ1) is 15.2. The van der Waals surface area contributed by atoms with Crippen LogP contribution in [0.15, 0.2) is 18.5 Å². The predicted octanol–water partition coefficient (Wildman–Crippen LogP) is 2.85. The summed E-state index contributed by atoms with van der Waals surface area (Å²) in [4.78, 5) is 41.5. The molecule has 32 heavy (non-hydrogen) atoms. The van der Waals surface area contributed by atoms with Gasteiger partial charge < -0.3 is 20.6 Å². The average molecular weight is 455 g/mol. The summed E-state index contributed by atoms with van der Waals surface area (Å²) < 4.78 is 5.46. The van der Waals surface area contributed by atoms with Crippen LogP contribution in [0.1, 0.15) is 38.4 Å². The monoisotopic (exact) mass is 454 g/mol. The molecule has 1 aliphatic rings. The van der Waals surface area contributed by atoms with Crippen LogP contribution < -0.4 is 15.4 Å². The highest BCUT2D eigenvalue weighted by Crippen LogP contribution is 2.41. The van der Waals surface area contributed by atoms with Crippen LogP contribution in [0.25, 0.3) is 11.6 Å². The van der Waals surface area contributed by atoms with Gasteiger partial charge in [0.2, 0.25) is 5.95 Å². The van der Waals surface area contributed by atoms with E-state index in [1.165, 1.54) is 23.2 Å². The van der Waals surface area contributed by atoms with Gasteiger partial charge in [0.1, 0.15) is 10.9 Å². The third-order valence-electron chi connectivity index (χ3n) is 5.17. The number of ether oxygens (including phenoxy) is 1. The molecule has 1 aliphatic heterocycles. The first kappa shape index (κ1) is 21.3. The van der Waals surface area contributed by atoms with Crippen molar-refractivity contribution in [2.75, 3.05) is 17.7 Å². The minimum atomic E-state index is -1.09. The Morgan fingerprint density at radius 3 is 2.78 bits per heavy atom. The smallest absolute Gasteiger partial charge is 0.337 e. The van der Waals surface area contributed by atoms with E-state index in [9.17, 15) is 9.59 Å². The second-order valence-corrected chi connectivity index (χ2v) is 7.57. The zero-order valence-electron chi connectivity index (χ0n) is 17.4. The number of nitrogen functional groups attached to an aromatic ring is 1. The molecular formula is C21H19ClN6O4. The molecule has 0 unspecified atom stereocenters. The van der Waals surface area contributed by atoms with Gasteiger partial charge in [-0.2, -0.15) is 4.98 Å². The summed E-state index contributed by atoms with van der Waals surface area (Å²) in [5.74, 6) is -0.620. The number of carbonyl (C=O) groups excluding carboxylic acids is 1. The number of hydrogen-bond donors (Lipinski definition) is 3. The standard InChI is InChI=1S/C21H19ClN6O4/c1-9-6-25-14(10(2)16(9)32-3)8-28-18-15(17(22)26-21(23)27-18)13(19(28)29)5-12-4-11(7-24-12)20(30)31/h4-7,24H,8H2,1-3H3,(H,30,31)(H2,23,26,27)/b13-5-. The average Bonchev–Trinajstić information content (AvgIpc) is 3.29. The quantitative estimate of drug-likeness (QED) is 0.393. The van der Waals surface area contributed by atoms with Crippen molar-refractivity contribution in [1.29, 1.82) is 0 Å². The largest absolute Gasteiger partial charge is 0.496 e. The molecule has 0 radical (unpaired) electrons. The molecule has 0 saturated carbocycles. The Balaban J connectivity index is 1.81. The maximum absolute atomic E-state index is 13.4. The third-order valence-corrected chi connectivity index (χ3v) is 5.45. The Kier molecular flexibility index (Phi) is 5.31. The van der Waals surface area contributed by atoms with Gasteiger partial charge in [-0.15, -0.1) is 0 Å². The molecule has 1 amide bonds. The summed E-state index contributed by atoms with van der Waals surface area (Å²) in [6, 6.07) is 1.41. The number of pyridine rings is 1. The van der Waals surface area contributed by atoms with E-state index in [2.05, 4.69) is 19.9 Å². The number of methoxy groups -OCH3 is 1. The molecule has 10 nitrogen and oxygen atoms in total. The molecule has 0 bridgehead atoms. The summed E-state index contributed by atoms with van der Waals surface area (Å²) in [6.45, 7) is 3.85. The number of aryl methyl sites for hydroxylation is 1. The molecule has 4 heterocycles. The van der Waals surface area contributed by atoms with E-state index in [0.717, 1.165) is 11.1 Å². The molecule has 0 spiro atoms. The van der Waals surface area contributed by atoms with E-state index in [-0.39, 0.29) is 34.6 Å². The maximum Gasteiger partial charge on any atom is 0.337 e. The van der Waals surface area contributed by atoms with Crippen molar-refractivity contribution in [3.05, 3.63) is 57.3 Å². The summed E-state index contributed by atoms with van der Waals surface area (Å²) in [6.07, 6.45) is 4.52. The fourth-order valence-corrected chi connectivity index (χ4v) is 3.92. The van der Waals surface area contributed by atoms with Crippen molar-refractivity contribution >= 4 is 46.9 Å². The minimum Gasteiger partial charge on any atom is -0.496 e. The van der Waals surface area contributed by atoms with Crippen molar-refractivity contribution in [2.45, 2.75) is 20.4 Å². The summed E-state index contributed by atoms with van der Waals surface area (Å²) in [5.41, 5.74) is 9.08. The van der Waals surface area contributed by atoms with Crippen LogP contribution in [-0.2, 0) is 11.3 Å². The number of hydrogen-bond acceptors (Lipinski definition) is 7. The fraction of sp³-hybridized carbons (Fsp3) is 0.190. The van der Waals surface area contributed by atoms with Crippen molar-refractivity contribution in [3.8, 4) is 5.75 Å². The predicted molar refractivity (Wildman–Crippen MR) is 119 cm³/mol. The van der Waals surface area contributed by atoms with Crippen LogP contribution in [0.5, 0.6) is 5.75 Å². The molecule has 4 rings (SSSR count). The molecule has 3 aromatic heterocycles. The summed E-state index contributed by atoms with van der Waals surface area (Å²) >= 11 is 6.33. The normalized spacial score (nSPS) is 14.2. The van der Waals surface area contributed by atoms with Gasteiger partial charge in [-0.3, -0.25) is 14.7 Å². The van der Waals surface area contributed by atoms with Crippen LogP contribution in [0.4, 0.5) is 11.8 Å². The second-order valence-electron chi connectivity index (χ2n) is 7.22. The maximum atomic E-state index is 13.4. The van der Waals surface area contributed by atoms with Crippen LogP contribution >= 0.6 is 11.6 Å². The highest BCUT2D eigenvalue weighted by Gasteiger charge is 2.37. The van der Waals surface area contributed by atoms with Crippen molar-refractivity contribution in [2.24, 2.45) is 0 Å². The zero-order valence-corrected chi connectivity index (χ0v) is 18.2. The molecule has 0 atom stereocenters. The third kappa shape index (κ3) is 3.54. The van der Waals surface area contributed by atoms with Crippen LogP contribution in [0.3, 0.4) is 0 Å². The molecule has 0 saturated heterocycles. The van der Waals surface area contributed by atoms with Gasteiger partial charge in [-0.1, -0.05) is 11.6 Å². The van der Waals surface area contributed by atoms with E-state index in [1.54, 1.807) is 13.3 Å². The molecule has 4 N–H and O–H groups in total. The zero-order chi connectivity index (χ0) is 23.2. The number of carbonyl (C=O) groups is 2. The van der Waals surface area contributed by atoms with Gasteiger partial charge in [0, 0.05) is 29.2 Å². The Bertz CT molecular complexity index is 1300. The molecular weight excluding hydrogens is 436 g/mol. The number of amides is 1. The van der Waals surface area contributed by atoms with Crippen molar-refractivity contribution in [1.82, 2.24) is 19.9 Å². The van der Waals surface area contributed by atoms with E-state index in [0.29, 0.717) is 22.7 Å². The Hall–Kier alpha value is -3.92. The van der Waals surface area contributed by atoms with Gasteiger partial charge >= 0.3 is 5.97 Å². The number of carboxylic acids is 1. The number of nitrogens with zero attached hydrogens (tertiary/aromatic N) is 4. The van der Waals surface area contributed by atoms with E-state index in [1.807, 2.05) is 13.8 Å². The number of carboxylic acid groups (broad SMARTS) is 1. The highest BCUT2D eigenvalue weighted by molar-refractivity contribution is 6.41. The fourth-order valence-electron chi connectivity index (χ4n) is 3.65. The number of aromatic amines is 1. The molecule has 164 valence electrons.